The van der Waals surface area contributed by atoms with E-state index in [2.05, 4.69) is 15.1 Å². The van der Waals surface area contributed by atoms with E-state index in [0.717, 1.165) is 31.4 Å². The van der Waals surface area contributed by atoms with Crippen molar-refractivity contribution in [1.29, 1.82) is 0 Å². The summed E-state index contributed by atoms with van der Waals surface area (Å²) in [4.78, 5) is 31.8. The van der Waals surface area contributed by atoms with Crippen molar-refractivity contribution in [1.82, 2.24) is 20.0 Å². The minimum absolute atomic E-state index is 0.0150. The van der Waals surface area contributed by atoms with Crippen molar-refractivity contribution in [2.45, 2.75) is 51.5 Å². The lowest BCUT2D eigenvalue weighted by atomic mass is 9.73. The largest absolute Gasteiger partial charge is 0.490 e. The predicted octanol–water partition coefficient (Wildman–Crippen LogP) is 2.56. The number of fused-ring (bicyclic) bond motifs is 1. The molecule has 1 N–H and O–H groups in total. The summed E-state index contributed by atoms with van der Waals surface area (Å²) in [6.45, 7) is 4.96. The number of carboxylic acids is 1. The molecular formula is C22H27F3N4O6. The second kappa shape index (κ2) is 11.6. The van der Waals surface area contributed by atoms with Crippen LogP contribution in [-0.4, -0.2) is 75.6 Å². The Morgan fingerprint density at radius 3 is 2.66 bits per heavy atom. The van der Waals surface area contributed by atoms with Gasteiger partial charge in [0, 0.05) is 37.5 Å². The van der Waals surface area contributed by atoms with Crippen molar-refractivity contribution in [3.8, 4) is 0 Å². The highest BCUT2D eigenvalue weighted by Crippen LogP contribution is 2.40. The van der Waals surface area contributed by atoms with Gasteiger partial charge in [-0.15, -0.1) is 0 Å². The van der Waals surface area contributed by atoms with Gasteiger partial charge in [0.1, 0.15) is 6.42 Å². The molecule has 2 aliphatic heterocycles. The second-order valence-electron chi connectivity index (χ2n) is 8.49. The summed E-state index contributed by atoms with van der Waals surface area (Å²) < 4.78 is 49.0. The fourth-order valence-corrected chi connectivity index (χ4v) is 4.22. The lowest BCUT2D eigenvalue weighted by Crippen LogP contribution is -2.58. The minimum Gasteiger partial charge on any atom is -0.475 e. The van der Waals surface area contributed by atoms with E-state index < -0.39 is 12.1 Å². The molecule has 4 heterocycles. The van der Waals surface area contributed by atoms with Gasteiger partial charge in [0.2, 0.25) is 11.8 Å². The van der Waals surface area contributed by atoms with Gasteiger partial charge in [0.15, 0.2) is 5.82 Å². The molecule has 0 aliphatic carbocycles. The van der Waals surface area contributed by atoms with Crippen LogP contribution in [0.2, 0.25) is 0 Å². The molecule has 2 saturated heterocycles. The highest BCUT2D eigenvalue weighted by atomic mass is 19.4. The van der Waals surface area contributed by atoms with Gasteiger partial charge in [-0.3, -0.25) is 9.78 Å². The number of alkyl halides is 3. The van der Waals surface area contributed by atoms with E-state index in [1.807, 2.05) is 17.0 Å². The van der Waals surface area contributed by atoms with Gasteiger partial charge in [-0.2, -0.15) is 18.2 Å². The number of aliphatic carboxylic acids is 1. The molecule has 10 nitrogen and oxygen atoms in total. The van der Waals surface area contributed by atoms with E-state index in [9.17, 15) is 18.0 Å². The maximum Gasteiger partial charge on any atom is 0.490 e. The van der Waals surface area contributed by atoms with E-state index in [0.29, 0.717) is 38.0 Å². The molecule has 0 spiro atoms. The Balaban J connectivity index is 0.000000429. The zero-order chi connectivity index (χ0) is 25.5. The zero-order valence-electron chi connectivity index (χ0n) is 19.2. The number of piperidine rings is 1. The van der Waals surface area contributed by atoms with Crippen LogP contribution in [0.5, 0.6) is 0 Å². The number of amides is 1. The van der Waals surface area contributed by atoms with Crippen molar-refractivity contribution in [3.63, 3.8) is 0 Å². The Labute approximate surface area is 199 Å². The molecule has 1 amide bonds. The molecule has 35 heavy (non-hydrogen) atoms. The number of aromatic nitrogens is 3. The van der Waals surface area contributed by atoms with Gasteiger partial charge in [0.25, 0.3) is 0 Å². The number of likely N-dealkylation sites (tertiary alicyclic amines) is 1. The van der Waals surface area contributed by atoms with Gasteiger partial charge in [-0.1, -0.05) is 5.16 Å². The van der Waals surface area contributed by atoms with Gasteiger partial charge < -0.3 is 24.0 Å². The molecule has 192 valence electrons. The summed E-state index contributed by atoms with van der Waals surface area (Å²) in [5.74, 6) is -1.83. The highest BCUT2D eigenvalue weighted by molar-refractivity contribution is 5.78. The monoisotopic (exact) mass is 500 g/mol. The Morgan fingerprint density at radius 2 is 2.03 bits per heavy atom. The first-order chi connectivity index (χ1) is 16.6. The predicted molar refractivity (Wildman–Crippen MR) is 113 cm³/mol. The number of hydrogen-bond acceptors (Lipinski definition) is 8. The van der Waals surface area contributed by atoms with Gasteiger partial charge in [-0.25, -0.2) is 4.79 Å². The Morgan fingerprint density at radius 1 is 1.31 bits per heavy atom. The van der Waals surface area contributed by atoms with Gasteiger partial charge >= 0.3 is 12.1 Å². The summed E-state index contributed by atoms with van der Waals surface area (Å²) in [6, 6.07) is 3.91. The number of pyridine rings is 1. The van der Waals surface area contributed by atoms with Crippen LogP contribution in [0.25, 0.3) is 0 Å². The van der Waals surface area contributed by atoms with Gasteiger partial charge in [-0.05, 0) is 43.9 Å². The van der Waals surface area contributed by atoms with Crippen molar-refractivity contribution in [2.75, 3.05) is 26.3 Å². The quantitative estimate of drug-likeness (QED) is 0.636. The zero-order valence-corrected chi connectivity index (χ0v) is 19.2. The third-order valence-electron chi connectivity index (χ3n) is 5.86. The fourth-order valence-electron chi connectivity index (χ4n) is 4.22. The first-order valence-electron chi connectivity index (χ1n) is 11.0. The number of carboxylic acid groups (broad SMARTS) is 1. The molecule has 2 atom stereocenters. The van der Waals surface area contributed by atoms with Gasteiger partial charge in [0.05, 0.1) is 19.3 Å². The normalized spacial score (nSPS) is 22.1. The average Bonchev–Trinajstić information content (AvgIpc) is 3.23. The van der Waals surface area contributed by atoms with E-state index in [1.165, 1.54) is 0 Å². The number of ether oxygens (including phenoxy) is 2. The van der Waals surface area contributed by atoms with Crippen molar-refractivity contribution in [3.05, 3.63) is 41.8 Å². The number of rotatable bonds is 6. The SMILES string of the molecule is Cc1noc(CC(=O)N2CCC3OCCCC3(COCc3ccncc3)C2)n1.O=C(O)C(F)(F)F. The summed E-state index contributed by atoms with van der Waals surface area (Å²) in [7, 11) is 0. The van der Waals surface area contributed by atoms with Crippen LogP contribution in [0.3, 0.4) is 0 Å². The lowest BCUT2D eigenvalue weighted by Gasteiger charge is -2.50. The molecule has 0 bridgehead atoms. The van der Waals surface area contributed by atoms with Crippen molar-refractivity contribution < 1.29 is 41.9 Å². The standard InChI is InChI=1S/C20H26N4O4.C2HF3O2/c1-15-22-18(28-23-15)11-19(25)24-9-5-17-20(13-24,6-2-10-27-17)14-26-12-16-3-7-21-8-4-16;3-2(4,5)1(6)7/h3-4,7-8,17H,2,5-6,9-14H2,1H3;(H,6,7). The van der Waals surface area contributed by atoms with Crippen molar-refractivity contribution >= 4 is 11.9 Å². The number of hydrogen-bond donors (Lipinski definition) is 1. The highest BCUT2D eigenvalue weighted by Gasteiger charge is 2.47. The number of carbonyl (C=O) groups excluding carboxylic acids is 1. The molecular weight excluding hydrogens is 473 g/mol. The number of carbonyl (C=O) groups is 2. The summed E-state index contributed by atoms with van der Waals surface area (Å²) in [5, 5.41) is 10.9. The van der Waals surface area contributed by atoms with Crippen LogP contribution in [0, 0.1) is 12.3 Å². The molecule has 2 fully saturated rings. The number of aryl methyl sites for hydroxylation is 1. The molecule has 2 unspecified atom stereocenters. The molecule has 13 heteroatoms. The van der Waals surface area contributed by atoms with E-state index >= 15 is 0 Å². The molecule has 0 radical (unpaired) electrons. The Hall–Kier alpha value is -3.06. The fraction of sp³-hybridized carbons (Fsp3) is 0.591. The molecule has 0 aromatic carbocycles. The second-order valence-corrected chi connectivity index (χ2v) is 8.49. The molecule has 0 saturated carbocycles. The van der Waals surface area contributed by atoms with E-state index in [4.69, 9.17) is 23.9 Å². The molecule has 2 aromatic rings. The average molecular weight is 500 g/mol. The first-order valence-corrected chi connectivity index (χ1v) is 11.0. The summed E-state index contributed by atoms with van der Waals surface area (Å²) >= 11 is 0. The van der Waals surface area contributed by atoms with Crippen LogP contribution >= 0.6 is 0 Å². The first kappa shape index (κ1) is 26.5. The Bertz CT molecular complexity index is 987. The topological polar surface area (TPSA) is 128 Å². The third-order valence-corrected chi connectivity index (χ3v) is 5.86. The van der Waals surface area contributed by atoms with Crippen LogP contribution < -0.4 is 0 Å². The maximum absolute atomic E-state index is 12.8. The molecule has 2 aromatic heterocycles. The summed E-state index contributed by atoms with van der Waals surface area (Å²) in [6.07, 6.45) is 1.53. The maximum atomic E-state index is 12.8. The van der Waals surface area contributed by atoms with Crippen LogP contribution in [0.4, 0.5) is 13.2 Å². The van der Waals surface area contributed by atoms with Crippen LogP contribution in [0.1, 0.15) is 36.5 Å². The number of halogens is 3. The lowest BCUT2D eigenvalue weighted by molar-refractivity contribution is -0.192. The number of nitrogens with zero attached hydrogens (tertiary/aromatic N) is 4. The minimum atomic E-state index is -5.08. The van der Waals surface area contributed by atoms with Crippen LogP contribution in [-0.2, 0) is 32.1 Å². The van der Waals surface area contributed by atoms with E-state index in [1.54, 1.807) is 19.3 Å². The van der Waals surface area contributed by atoms with Crippen LogP contribution in [0.15, 0.2) is 29.0 Å². The molecule has 4 rings (SSSR count). The van der Waals surface area contributed by atoms with E-state index in [-0.39, 0.29) is 23.8 Å². The molecule has 2 aliphatic rings. The smallest absolute Gasteiger partial charge is 0.475 e. The summed E-state index contributed by atoms with van der Waals surface area (Å²) in [5.41, 5.74) is 0.930. The van der Waals surface area contributed by atoms with Crippen molar-refractivity contribution in [2.24, 2.45) is 5.41 Å². The third kappa shape index (κ3) is 7.46. The Kier molecular flexibility index (Phi) is 8.78.